The molecule has 83 heavy (non-hydrogen) atoms. The van der Waals surface area contributed by atoms with Crippen molar-refractivity contribution in [2.24, 2.45) is 0 Å². The third kappa shape index (κ3) is 62.2. The maximum Gasteiger partial charge on any atom is 0.472 e. The molecule has 0 rings (SSSR count). The average Bonchev–Trinajstić information content (AvgIpc) is 3.51. The fourth-order valence-electron chi connectivity index (χ4n) is 8.73. The molecule has 3 unspecified atom stereocenters. The zero-order valence-corrected chi connectivity index (χ0v) is 54.8. The Balaban J connectivity index is 5.21. The summed E-state index contributed by atoms with van der Waals surface area (Å²) >= 11 is 0. The number of ether oxygens (including phenoxy) is 1. The highest BCUT2D eigenvalue weighted by molar-refractivity contribution is 7.47. The first-order chi connectivity index (χ1) is 40.4. The van der Waals surface area contributed by atoms with Crippen LogP contribution in [0.1, 0.15) is 252 Å². The van der Waals surface area contributed by atoms with Crippen molar-refractivity contribution in [2.45, 2.75) is 264 Å². The van der Waals surface area contributed by atoms with Crippen LogP contribution in [0.2, 0.25) is 0 Å². The van der Waals surface area contributed by atoms with Gasteiger partial charge >= 0.3 is 13.8 Å². The van der Waals surface area contributed by atoms with Crippen LogP contribution in [-0.4, -0.2) is 74.3 Å². The minimum absolute atomic E-state index is 0.0224. The number of hydrogen-bond donors (Lipinski definition) is 2. The van der Waals surface area contributed by atoms with Crippen molar-refractivity contribution in [3.63, 3.8) is 0 Å². The molecule has 472 valence electrons. The highest BCUT2D eigenvalue weighted by Gasteiger charge is 2.30. The van der Waals surface area contributed by atoms with Gasteiger partial charge in [0, 0.05) is 12.8 Å². The van der Waals surface area contributed by atoms with Crippen LogP contribution in [0.3, 0.4) is 0 Å². The molecular formula is C73H124N2O7P+. The summed E-state index contributed by atoms with van der Waals surface area (Å²) in [5, 5.41) is 3.03. The second-order valence-electron chi connectivity index (χ2n) is 22.9. The van der Waals surface area contributed by atoms with Crippen LogP contribution in [0.25, 0.3) is 0 Å². The summed E-state index contributed by atoms with van der Waals surface area (Å²) in [7, 11) is 1.44. The van der Waals surface area contributed by atoms with Gasteiger partial charge in [-0.15, -0.1) is 0 Å². The number of amides is 1. The molecule has 3 atom stereocenters. The standard InChI is InChI=1S/C73H123N2O7P/c1-7-10-13-16-19-22-25-27-29-31-33-35-36-37-38-40-42-44-46-48-51-54-57-60-63-66-73(77)82-71(64-61-58-55-52-49-24-21-18-15-12-9-3)70(69-81-83(78,79)80-68-67-75(4,5)6)74-72(76)65-62-59-56-53-50-47-45-43-41-39-34-32-30-28-26-23-20-17-14-11-8-2/h10-11,13-14,19-20,22-23,27-30,33-35,37-39,43,45,50,53,61,64,70-71H,7-9,12,15-18,21,24-26,31-32,36,40-42,44,46-49,51-52,54-60,62-63,65-69H2,1-6H3,(H-,74,76,78,79)/p+1/b13-10-,14-11-,22-19-,23-20-,29-27-,30-28-,35-33-,38-37-,39-34-,45-43-,53-50-,64-61+. The highest BCUT2D eigenvalue weighted by Crippen LogP contribution is 2.43. The smallest absolute Gasteiger partial charge is 0.456 e. The summed E-state index contributed by atoms with van der Waals surface area (Å²) in [6.07, 6.45) is 88.6. The fraction of sp³-hybridized carbons (Fsp3) is 0.644. The number of hydrogen-bond acceptors (Lipinski definition) is 6. The van der Waals surface area contributed by atoms with E-state index in [1.165, 1.54) is 77.0 Å². The van der Waals surface area contributed by atoms with Gasteiger partial charge in [-0.2, -0.15) is 0 Å². The van der Waals surface area contributed by atoms with Gasteiger partial charge < -0.3 is 19.4 Å². The Morgan fingerprint density at radius 1 is 0.434 bits per heavy atom. The first-order valence-corrected chi connectivity index (χ1v) is 34.7. The molecular weight excluding hydrogens is 1050 g/mol. The molecule has 0 radical (unpaired) electrons. The number of allylic oxidation sites excluding steroid dienone is 23. The average molecular weight is 1170 g/mol. The molecule has 10 heteroatoms. The van der Waals surface area contributed by atoms with Crippen molar-refractivity contribution in [3.05, 3.63) is 146 Å². The Hall–Kier alpha value is -4.11. The van der Waals surface area contributed by atoms with Crippen LogP contribution in [0.4, 0.5) is 0 Å². The van der Waals surface area contributed by atoms with Gasteiger partial charge in [-0.3, -0.25) is 18.6 Å². The maximum atomic E-state index is 13.6. The van der Waals surface area contributed by atoms with Crippen molar-refractivity contribution in [1.82, 2.24) is 5.32 Å². The minimum atomic E-state index is -4.48. The van der Waals surface area contributed by atoms with E-state index in [2.05, 4.69) is 160 Å². The van der Waals surface area contributed by atoms with E-state index in [0.717, 1.165) is 135 Å². The lowest BCUT2D eigenvalue weighted by Gasteiger charge is -2.27. The first-order valence-electron chi connectivity index (χ1n) is 33.2. The number of quaternary nitrogens is 1. The fourth-order valence-corrected chi connectivity index (χ4v) is 9.47. The summed E-state index contributed by atoms with van der Waals surface area (Å²) in [6, 6.07) is -0.885. The summed E-state index contributed by atoms with van der Waals surface area (Å²) < 4.78 is 30.7. The summed E-state index contributed by atoms with van der Waals surface area (Å²) in [5.74, 6) is -0.573. The molecule has 0 bridgehead atoms. The number of nitrogens with zero attached hydrogens (tertiary/aromatic N) is 1. The molecule has 0 spiro atoms. The number of phosphoric acid groups is 1. The second kappa shape index (κ2) is 61.0. The molecule has 0 saturated heterocycles. The lowest BCUT2D eigenvalue weighted by molar-refractivity contribution is -0.870. The van der Waals surface area contributed by atoms with Crippen LogP contribution < -0.4 is 5.32 Å². The Morgan fingerprint density at radius 2 is 0.771 bits per heavy atom. The van der Waals surface area contributed by atoms with Gasteiger partial charge in [-0.05, 0) is 128 Å². The number of nitrogens with one attached hydrogen (secondary N) is 1. The van der Waals surface area contributed by atoms with Gasteiger partial charge in [0.25, 0.3) is 0 Å². The topological polar surface area (TPSA) is 111 Å². The van der Waals surface area contributed by atoms with E-state index in [0.29, 0.717) is 17.4 Å². The number of rotatable bonds is 58. The molecule has 0 aliphatic rings. The summed E-state index contributed by atoms with van der Waals surface area (Å²) in [4.78, 5) is 37.8. The number of carbonyl (C=O) groups excluding carboxylic acids is 2. The first kappa shape index (κ1) is 78.9. The normalized spacial score (nSPS) is 14.5. The van der Waals surface area contributed by atoms with E-state index in [4.69, 9.17) is 13.8 Å². The van der Waals surface area contributed by atoms with Crippen molar-refractivity contribution in [1.29, 1.82) is 0 Å². The van der Waals surface area contributed by atoms with Crippen molar-refractivity contribution < 1.29 is 37.3 Å². The lowest BCUT2D eigenvalue weighted by Crippen LogP contribution is -2.47. The molecule has 0 fully saturated rings. The van der Waals surface area contributed by atoms with Gasteiger partial charge in [0.15, 0.2) is 0 Å². The second-order valence-corrected chi connectivity index (χ2v) is 24.3. The zero-order chi connectivity index (χ0) is 60.7. The van der Waals surface area contributed by atoms with Crippen LogP contribution in [0.15, 0.2) is 146 Å². The molecule has 0 aliphatic heterocycles. The SMILES string of the molecule is CC/C=C\C/C=C\C/C=C\C/C=C\C/C=C\C/C=C\CCCCC(=O)NC(COP(=O)(O)OCC[N+](C)(C)C)C(/C=C/CCCCCCCCCCC)OC(=O)CCCCCCCCCCC/C=C\C/C=C\C/C=C\C/C=C\C/C=C\CC. The molecule has 0 aromatic carbocycles. The van der Waals surface area contributed by atoms with Crippen LogP contribution in [0, 0.1) is 0 Å². The number of likely N-dealkylation sites (N-methyl/N-ethyl adjacent to an activating group) is 1. The molecule has 0 saturated carbocycles. The Morgan fingerprint density at radius 3 is 1.17 bits per heavy atom. The van der Waals surface area contributed by atoms with Gasteiger partial charge in [-0.25, -0.2) is 4.57 Å². The molecule has 0 aromatic rings. The lowest BCUT2D eigenvalue weighted by atomic mass is 10.1. The number of unbranched alkanes of at least 4 members (excludes halogenated alkanes) is 20. The number of phosphoric ester groups is 1. The molecule has 9 nitrogen and oxygen atoms in total. The van der Waals surface area contributed by atoms with Crippen molar-refractivity contribution in [3.8, 4) is 0 Å². The predicted octanol–water partition coefficient (Wildman–Crippen LogP) is 21.0. The third-order valence-electron chi connectivity index (χ3n) is 13.8. The van der Waals surface area contributed by atoms with Crippen molar-refractivity contribution >= 4 is 19.7 Å². The number of esters is 1. The van der Waals surface area contributed by atoms with Gasteiger partial charge in [-0.1, -0.05) is 257 Å². The summed E-state index contributed by atoms with van der Waals surface area (Å²) in [5.41, 5.74) is 0. The van der Waals surface area contributed by atoms with E-state index >= 15 is 0 Å². The van der Waals surface area contributed by atoms with E-state index in [9.17, 15) is 19.0 Å². The molecule has 0 aromatic heterocycles. The van der Waals surface area contributed by atoms with E-state index in [1.54, 1.807) is 0 Å². The molecule has 0 aliphatic carbocycles. The summed E-state index contributed by atoms with van der Waals surface area (Å²) in [6.45, 7) is 6.73. The largest absolute Gasteiger partial charge is 0.472 e. The number of carbonyl (C=O) groups is 2. The molecule has 1 amide bonds. The molecule has 2 N–H and O–H groups in total. The van der Waals surface area contributed by atoms with Gasteiger partial charge in [0.05, 0.1) is 33.8 Å². The Kier molecular flexibility index (Phi) is 58.0. The van der Waals surface area contributed by atoms with Crippen molar-refractivity contribution in [2.75, 3.05) is 40.9 Å². The third-order valence-corrected chi connectivity index (χ3v) is 14.8. The Bertz CT molecular complexity index is 1930. The maximum absolute atomic E-state index is 13.6. The van der Waals surface area contributed by atoms with E-state index < -0.39 is 20.0 Å². The van der Waals surface area contributed by atoms with E-state index in [1.807, 2.05) is 33.3 Å². The van der Waals surface area contributed by atoms with Crippen LogP contribution >= 0.6 is 7.82 Å². The van der Waals surface area contributed by atoms with Gasteiger partial charge in [0.2, 0.25) is 5.91 Å². The quantitative estimate of drug-likeness (QED) is 0.0205. The van der Waals surface area contributed by atoms with Crippen LogP contribution in [-0.2, 0) is 27.9 Å². The monoisotopic (exact) mass is 1170 g/mol. The minimum Gasteiger partial charge on any atom is -0.456 e. The predicted molar refractivity (Wildman–Crippen MR) is 359 cm³/mol. The van der Waals surface area contributed by atoms with Crippen LogP contribution in [0.5, 0.6) is 0 Å². The highest BCUT2D eigenvalue weighted by atomic mass is 31.2. The van der Waals surface area contributed by atoms with E-state index in [-0.39, 0.29) is 37.9 Å². The van der Waals surface area contributed by atoms with Gasteiger partial charge in [0.1, 0.15) is 19.3 Å². The molecule has 0 heterocycles. The Labute approximate surface area is 510 Å². The zero-order valence-electron chi connectivity index (χ0n) is 53.9.